The van der Waals surface area contributed by atoms with Crippen LogP contribution in [0.4, 0.5) is 5.69 Å². The first-order valence-corrected chi connectivity index (χ1v) is 21.8. The van der Waals surface area contributed by atoms with Crippen LogP contribution in [0.1, 0.15) is 84.7 Å². The number of nitrogens with two attached hydrogens (primary N) is 3. The van der Waals surface area contributed by atoms with E-state index in [1.165, 1.54) is 32.2 Å². The van der Waals surface area contributed by atoms with E-state index in [9.17, 15) is 19.5 Å². The molecule has 15 nitrogen and oxygen atoms in total. The zero-order chi connectivity index (χ0) is 44.3. The summed E-state index contributed by atoms with van der Waals surface area (Å²) in [5.74, 6) is 1.94. The third-order valence-electron chi connectivity index (χ3n) is 12.1. The minimum atomic E-state index is -0.246. The number of phenols is 1. The van der Waals surface area contributed by atoms with Crippen molar-refractivity contribution in [2.45, 2.75) is 72.0 Å². The lowest BCUT2D eigenvalue weighted by molar-refractivity contribution is -0.116. The van der Waals surface area contributed by atoms with E-state index in [2.05, 4.69) is 37.3 Å². The molecule has 332 valence electrons. The maximum absolute atomic E-state index is 13.5. The lowest BCUT2D eigenvalue weighted by Crippen LogP contribution is -2.50. The molecular formula is C47H64N10O5. The van der Waals surface area contributed by atoms with Crippen molar-refractivity contribution in [3.8, 4) is 5.75 Å². The molecule has 3 aliphatic rings. The normalized spacial score (nSPS) is 20.4. The van der Waals surface area contributed by atoms with Gasteiger partial charge in [0, 0.05) is 87.2 Å². The fraction of sp³-hybridized carbons (Fsp3) is 0.447. The summed E-state index contributed by atoms with van der Waals surface area (Å²) in [6.45, 7) is 14.3. The third kappa shape index (κ3) is 11.6. The van der Waals surface area contributed by atoms with Crippen LogP contribution < -0.4 is 27.8 Å². The Hall–Kier alpha value is -6.06. The number of morpholine rings is 1. The van der Waals surface area contributed by atoms with Gasteiger partial charge in [0.25, 0.3) is 5.91 Å². The Morgan fingerprint density at radius 1 is 0.984 bits per heavy atom. The number of aryl methyl sites for hydroxylation is 2. The Balaban J connectivity index is 0.000000297. The number of aromatic hydroxyl groups is 1. The Morgan fingerprint density at radius 2 is 1.74 bits per heavy atom. The molecule has 4 heterocycles. The Labute approximate surface area is 364 Å². The topological polar surface area (TPSA) is 221 Å². The van der Waals surface area contributed by atoms with E-state index in [0.717, 1.165) is 65.7 Å². The number of H-pyrrole nitrogens is 1. The first-order chi connectivity index (χ1) is 29.8. The largest absolute Gasteiger partial charge is 0.507 e. The first-order valence-electron chi connectivity index (χ1n) is 21.8. The van der Waals surface area contributed by atoms with Crippen molar-refractivity contribution in [1.29, 1.82) is 0 Å². The molecule has 2 aliphatic heterocycles. The fourth-order valence-electron chi connectivity index (χ4n) is 8.81. The molecule has 2 unspecified atom stereocenters. The summed E-state index contributed by atoms with van der Waals surface area (Å²) in [4.78, 5) is 48.9. The van der Waals surface area contributed by atoms with Gasteiger partial charge >= 0.3 is 0 Å². The molecule has 7 rings (SSSR count). The number of benzene rings is 2. The standard InChI is InChI=1S/C35H50N6O3.C12H14N4O2/c1-4-7-25-17-26(18-25)21-39-12-14-40(15-13-39)35(43)27-10-11-28(23(2)16-27)33-22-41(20-24(3)44-33)31(34(37)38)19-30(36)29-8-5-6-9-32(29)42;1-8-5-14-12-10(8)4-9(6-15-12)16-11(18)2-3-13-7-17/h5-6,8-11,16,19,24-26,33,42H,4,7,12-15,17-18,20-22,36-38H2,1-3H3;4-7H,2-3H2,1H3,(H,13,17)(H,14,15)(H,16,18)/b30-19-;. The molecule has 0 radical (unpaired) electrons. The van der Waals surface area contributed by atoms with E-state index in [0.29, 0.717) is 54.3 Å². The number of pyridine rings is 1. The Kier molecular flexibility index (Phi) is 15.5. The van der Waals surface area contributed by atoms with Crippen LogP contribution in [0.5, 0.6) is 5.75 Å². The van der Waals surface area contributed by atoms with Crippen molar-refractivity contribution >= 4 is 40.6 Å². The average Bonchev–Trinajstić information content (AvgIpc) is 3.61. The van der Waals surface area contributed by atoms with Crippen molar-refractivity contribution in [2.75, 3.05) is 57.7 Å². The van der Waals surface area contributed by atoms with Crippen molar-refractivity contribution < 1.29 is 24.2 Å². The molecule has 10 N–H and O–H groups in total. The molecule has 0 spiro atoms. The number of anilines is 1. The van der Waals surface area contributed by atoms with E-state index in [1.54, 1.807) is 30.5 Å². The third-order valence-corrected chi connectivity index (χ3v) is 12.1. The Morgan fingerprint density at radius 3 is 2.44 bits per heavy atom. The number of hydrogen-bond donors (Lipinski definition) is 7. The number of rotatable bonds is 14. The molecule has 62 heavy (non-hydrogen) atoms. The number of fused-ring (bicyclic) bond motifs is 1. The van der Waals surface area contributed by atoms with Gasteiger partial charge in [-0.2, -0.15) is 0 Å². The van der Waals surface area contributed by atoms with E-state index in [1.807, 2.05) is 62.2 Å². The summed E-state index contributed by atoms with van der Waals surface area (Å²) in [7, 11) is 0. The summed E-state index contributed by atoms with van der Waals surface area (Å²) in [5.41, 5.74) is 25.4. The van der Waals surface area contributed by atoms with E-state index < -0.39 is 0 Å². The zero-order valence-corrected chi connectivity index (χ0v) is 36.5. The van der Waals surface area contributed by atoms with Gasteiger partial charge in [-0.15, -0.1) is 0 Å². The first kappa shape index (κ1) is 45.5. The number of carbonyl (C=O) groups excluding carboxylic acids is 3. The number of para-hydroxylation sites is 1. The number of phenolic OH excluding ortho intramolecular Hbond substituents is 1. The van der Waals surface area contributed by atoms with E-state index >= 15 is 0 Å². The quantitative estimate of drug-likeness (QED) is 0.0504. The number of nitrogens with zero attached hydrogens (tertiary/aromatic N) is 4. The summed E-state index contributed by atoms with van der Waals surface area (Å²) in [6.07, 6.45) is 11.1. The molecule has 2 saturated heterocycles. The van der Waals surface area contributed by atoms with E-state index in [4.69, 9.17) is 21.9 Å². The maximum atomic E-state index is 13.5. The molecule has 2 atom stereocenters. The lowest BCUT2D eigenvalue weighted by Gasteiger charge is -2.41. The van der Waals surface area contributed by atoms with Gasteiger partial charge in [-0.1, -0.05) is 38.0 Å². The van der Waals surface area contributed by atoms with Gasteiger partial charge in [-0.05, 0) is 98.5 Å². The van der Waals surface area contributed by atoms with Gasteiger partial charge in [-0.25, -0.2) is 4.98 Å². The van der Waals surface area contributed by atoms with Crippen LogP contribution in [-0.4, -0.2) is 106 Å². The molecule has 15 heteroatoms. The highest BCUT2D eigenvalue weighted by molar-refractivity contribution is 5.95. The average molecular weight is 849 g/mol. The van der Waals surface area contributed by atoms with Crippen LogP contribution in [0, 0.1) is 25.7 Å². The number of allylic oxidation sites excluding steroid dienone is 1. The van der Waals surface area contributed by atoms with Gasteiger partial charge in [-0.3, -0.25) is 19.3 Å². The molecule has 0 bridgehead atoms. The number of piperazine rings is 1. The minimum Gasteiger partial charge on any atom is -0.507 e. The van der Waals surface area contributed by atoms with Gasteiger partial charge in [0.2, 0.25) is 12.3 Å². The monoisotopic (exact) mass is 849 g/mol. The van der Waals surface area contributed by atoms with Crippen molar-refractivity contribution in [2.24, 2.45) is 29.0 Å². The predicted octanol–water partition coefficient (Wildman–Crippen LogP) is 5.08. The lowest BCUT2D eigenvalue weighted by atomic mass is 9.72. The summed E-state index contributed by atoms with van der Waals surface area (Å²) in [6, 6.07) is 14.7. The van der Waals surface area contributed by atoms with Gasteiger partial charge in [0.05, 0.1) is 23.7 Å². The predicted molar refractivity (Wildman–Crippen MR) is 243 cm³/mol. The smallest absolute Gasteiger partial charge is 0.253 e. The van der Waals surface area contributed by atoms with Crippen LogP contribution in [0.2, 0.25) is 0 Å². The Bertz CT molecular complexity index is 2240. The van der Waals surface area contributed by atoms with Crippen LogP contribution in [0.25, 0.3) is 16.7 Å². The molecule has 2 aromatic heterocycles. The minimum absolute atomic E-state index is 0.0886. The van der Waals surface area contributed by atoms with E-state index in [-0.39, 0.29) is 42.0 Å². The van der Waals surface area contributed by atoms with Gasteiger partial charge in [0.1, 0.15) is 23.3 Å². The second kappa shape index (κ2) is 21.1. The number of aromatic nitrogens is 2. The summed E-state index contributed by atoms with van der Waals surface area (Å²) < 4.78 is 6.38. The number of carbonyl (C=O) groups is 3. The van der Waals surface area contributed by atoms with Crippen LogP contribution in [0.3, 0.4) is 0 Å². The number of nitrogens with one attached hydrogen (secondary N) is 3. The molecule has 1 aliphatic carbocycles. The molecule has 1 saturated carbocycles. The second-order valence-electron chi connectivity index (χ2n) is 16.9. The van der Waals surface area contributed by atoms with Crippen LogP contribution in [-0.2, 0) is 14.3 Å². The number of amides is 3. The molecule has 3 amide bonds. The van der Waals surface area contributed by atoms with Gasteiger partial charge < -0.3 is 52.5 Å². The number of hydrogen-bond acceptors (Lipinski definition) is 11. The molecule has 4 aromatic rings. The van der Waals surface area contributed by atoms with Crippen molar-refractivity contribution in [3.05, 3.63) is 106 Å². The second-order valence-corrected chi connectivity index (χ2v) is 16.9. The summed E-state index contributed by atoms with van der Waals surface area (Å²) >= 11 is 0. The van der Waals surface area contributed by atoms with Gasteiger partial charge in [0.15, 0.2) is 0 Å². The SMILES string of the molecule is CCCC1CC(CN2CCN(C(=O)c3ccc(C4CN(C(/C=C(\N)c5ccccc5O)=C(N)N)CC(C)O4)c(C)c3)CC2)C1.Cc1c[nH]c2ncc(NC(=O)CCNC=O)cc12. The highest BCUT2D eigenvalue weighted by Crippen LogP contribution is 2.37. The van der Waals surface area contributed by atoms with Crippen molar-refractivity contribution in [3.63, 3.8) is 0 Å². The van der Waals surface area contributed by atoms with Crippen LogP contribution in [0.15, 0.2) is 78.5 Å². The van der Waals surface area contributed by atoms with Crippen LogP contribution >= 0.6 is 0 Å². The maximum Gasteiger partial charge on any atom is 0.253 e. The molecular weight excluding hydrogens is 785 g/mol. The highest BCUT2D eigenvalue weighted by atomic mass is 16.5. The number of ether oxygens (including phenoxy) is 1. The molecule has 3 fully saturated rings. The van der Waals surface area contributed by atoms with Crippen molar-refractivity contribution in [1.82, 2.24) is 30.0 Å². The zero-order valence-electron chi connectivity index (χ0n) is 36.5. The fourth-order valence-corrected chi connectivity index (χ4v) is 8.81. The molecule has 2 aromatic carbocycles. The number of aromatic amines is 1. The summed E-state index contributed by atoms with van der Waals surface area (Å²) in [5, 5.41) is 16.4. The highest BCUT2D eigenvalue weighted by Gasteiger charge is 2.32.